The molecule has 21 heavy (non-hydrogen) atoms. The van der Waals surface area contributed by atoms with E-state index < -0.39 is 0 Å². The van der Waals surface area contributed by atoms with Crippen LogP contribution >= 0.6 is 0 Å². The van der Waals surface area contributed by atoms with E-state index in [0.717, 1.165) is 38.6 Å². The van der Waals surface area contributed by atoms with Crippen molar-refractivity contribution in [2.24, 2.45) is 5.41 Å². The van der Waals surface area contributed by atoms with E-state index in [9.17, 15) is 9.90 Å². The Morgan fingerprint density at radius 1 is 1.29 bits per heavy atom. The Morgan fingerprint density at radius 3 is 2.71 bits per heavy atom. The maximum Gasteiger partial charge on any atom is 0.237 e. The molecule has 1 aliphatic heterocycles. The summed E-state index contributed by atoms with van der Waals surface area (Å²) in [6.07, 6.45) is 5.10. The minimum Gasteiger partial charge on any atom is -0.396 e. The third kappa shape index (κ3) is 3.11. The average Bonchev–Trinajstić information content (AvgIpc) is 3.01. The van der Waals surface area contributed by atoms with Gasteiger partial charge in [0.2, 0.25) is 5.91 Å². The first kappa shape index (κ1) is 14.5. The molecule has 4 nitrogen and oxygen atoms in total. The van der Waals surface area contributed by atoms with Gasteiger partial charge in [0.05, 0.1) is 12.6 Å². The molecule has 0 unspecified atom stereocenters. The lowest BCUT2D eigenvalue weighted by Crippen LogP contribution is -2.50. The molecule has 1 aromatic rings. The van der Waals surface area contributed by atoms with Crippen LogP contribution in [0.3, 0.4) is 0 Å². The molecule has 1 heterocycles. The van der Waals surface area contributed by atoms with Crippen molar-refractivity contribution >= 4 is 5.91 Å². The number of nitrogens with one attached hydrogen (secondary N) is 2. The molecule has 1 amide bonds. The number of amides is 1. The van der Waals surface area contributed by atoms with E-state index in [1.807, 2.05) is 12.1 Å². The van der Waals surface area contributed by atoms with Crippen molar-refractivity contribution in [3.8, 4) is 0 Å². The van der Waals surface area contributed by atoms with Crippen LogP contribution in [0, 0.1) is 5.41 Å². The third-order valence-corrected chi connectivity index (χ3v) is 5.04. The summed E-state index contributed by atoms with van der Waals surface area (Å²) in [4.78, 5) is 12.4. The van der Waals surface area contributed by atoms with Gasteiger partial charge in [-0.2, -0.15) is 0 Å². The molecule has 3 rings (SSSR count). The Bertz CT molecular complexity index is 509. The fourth-order valence-corrected chi connectivity index (χ4v) is 3.55. The van der Waals surface area contributed by atoms with Gasteiger partial charge in [0.25, 0.3) is 0 Å². The van der Waals surface area contributed by atoms with Crippen molar-refractivity contribution in [3.05, 3.63) is 35.4 Å². The number of aliphatic hydroxyl groups is 1. The molecular formula is C17H24N2O2. The second-order valence-corrected chi connectivity index (χ2v) is 6.49. The molecule has 0 spiro atoms. The van der Waals surface area contributed by atoms with Gasteiger partial charge in [-0.15, -0.1) is 0 Å². The van der Waals surface area contributed by atoms with E-state index in [0.29, 0.717) is 6.54 Å². The summed E-state index contributed by atoms with van der Waals surface area (Å²) >= 11 is 0. The Labute approximate surface area is 125 Å². The second-order valence-electron chi connectivity index (χ2n) is 6.49. The molecule has 1 aliphatic carbocycles. The summed E-state index contributed by atoms with van der Waals surface area (Å²) in [5.74, 6) is 0.0595. The van der Waals surface area contributed by atoms with Gasteiger partial charge in [0.15, 0.2) is 0 Å². The second kappa shape index (κ2) is 6.16. The molecule has 4 heteroatoms. The van der Waals surface area contributed by atoms with Gasteiger partial charge in [-0.1, -0.05) is 37.1 Å². The maximum absolute atomic E-state index is 12.4. The number of carbonyl (C=O) groups excluding carboxylic acids is 1. The monoisotopic (exact) mass is 288 g/mol. The molecule has 114 valence electrons. The SMILES string of the molecule is O=C(NCC1(CO)CCCC1)[C@@H]1Cc2ccccc2CN1. The molecule has 0 saturated heterocycles. The van der Waals surface area contributed by atoms with Gasteiger partial charge >= 0.3 is 0 Å². The van der Waals surface area contributed by atoms with Crippen LogP contribution in [0.2, 0.25) is 0 Å². The minimum absolute atomic E-state index is 0.0595. The maximum atomic E-state index is 12.4. The number of hydrogen-bond donors (Lipinski definition) is 3. The van der Waals surface area contributed by atoms with Crippen molar-refractivity contribution in [3.63, 3.8) is 0 Å². The number of hydrogen-bond acceptors (Lipinski definition) is 3. The molecule has 1 aromatic carbocycles. The van der Waals surface area contributed by atoms with Gasteiger partial charge in [0, 0.05) is 18.5 Å². The first-order chi connectivity index (χ1) is 10.2. The quantitative estimate of drug-likeness (QED) is 0.784. The fourth-order valence-electron chi connectivity index (χ4n) is 3.55. The summed E-state index contributed by atoms with van der Waals surface area (Å²) in [5, 5.41) is 16.0. The zero-order valence-corrected chi connectivity index (χ0v) is 12.4. The van der Waals surface area contributed by atoms with Crippen molar-refractivity contribution < 1.29 is 9.90 Å². The number of rotatable bonds is 4. The van der Waals surface area contributed by atoms with Gasteiger partial charge in [-0.05, 0) is 30.4 Å². The van der Waals surface area contributed by atoms with Gasteiger partial charge in [-0.3, -0.25) is 4.79 Å². The van der Waals surface area contributed by atoms with Crippen LogP contribution < -0.4 is 10.6 Å². The predicted octanol–water partition coefficient (Wildman–Crippen LogP) is 1.37. The van der Waals surface area contributed by atoms with Gasteiger partial charge in [-0.25, -0.2) is 0 Å². The lowest BCUT2D eigenvalue weighted by Gasteiger charge is -2.29. The van der Waals surface area contributed by atoms with E-state index >= 15 is 0 Å². The van der Waals surface area contributed by atoms with E-state index in [1.165, 1.54) is 11.1 Å². The van der Waals surface area contributed by atoms with Crippen molar-refractivity contribution in [1.82, 2.24) is 10.6 Å². The topological polar surface area (TPSA) is 61.4 Å². The molecule has 1 atom stereocenters. The Balaban J connectivity index is 1.57. The predicted molar refractivity (Wildman–Crippen MR) is 81.8 cm³/mol. The summed E-state index contributed by atoms with van der Waals surface area (Å²) in [6, 6.07) is 8.11. The number of aliphatic hydroxyl groups excluding tert-OH is 1. The summed E-state index contributed by atoms with van der Waals surface area (Å²) in [6.45, 7) is 1.52. The van der Waals surface area contributed by atoms with Gasteiger partial charge < -0.3 is 15.7 Å². The lowest BCUT2D eigenvalue weighted by molar-refractivity contribution is -0.124. The molecule has 1 fully saturated rings. The van der Waals surface area contributed by atoms with Crippen LogP contribution in [-0.2, 0) is 17.8 Å². The number of carbonyl (C=O) groups is 1. The first-order valence-corrected chi connectivity index (χ1v) is 7.91. The van der Waals surface area contributed by atoms with E-state index in [4.69, 9.17) is 0 Å². The third-order valence-electron chi connectivity index (χ3n) is 5.04. The highest BCUT2D eigenvalue weighted by molar-refractivity contribution is 5.82. The van der Waals surface area contributed by atoms with E-state index in [-0.39, 0.29) is 24.0 Å². The van der Waals surface area contributed by atoms with Crippen LogP contribution in [0.15, 0.2) is 24.3 Å². The smallest absolute Gasteiger partial charge is 0.237 e. The Morgan fingerprint density at radius 2 is 2.00 bits per heavy atom. The van der Waals surface area contributed by atoms with Crippen LogP contribution in [0.4, 0.5) is 0 Å². The highest BCUT2D eigenvalue weighted by Gasteiger charge is 2.34. The highest BCUT2D eigenvalue weighted by atomic mass is 16.3. The van der Waals surface area contributed by atoms with Crippen LogP contribution in [0.1, 0.15) is 36.8 Å². The van der Waals surface area contributed by atoms with E-state index in [2.05, 4.69) is 22.8 Å². The van der Waals surface area contributed by atoms with Gasteiger partial charge in [0.1, 0.15) is 0 Å². The molecule has 0 radical (unpaired) electrons. The van der Waals surface area contributed by atoms with Crippen molar-refractivity contribution in [2.75, 3.05) is 13.2 Å². The summed E-state index contributed by atoms with van der Waals surface area (Å²) < 4.78 is 0. The number of fused-ring (bicyclic) bond motifs is 1. The molecule has 1 saturated carbocycles. The van der Waals surface area contributed by atoms with Crippen molar-refractivity contribution in [1.29, 1.82) is 0 Å². The Hall–Kier alpha value is -1.39. The zero-order valence-electron chi connectivity index (χ0n) is 12.4. The van der Waals surface area contributed by atoms with Crippen LogP contribution in [0.5, 0.6) is 0 Å². The van der Waals surface area contributed by atoms with Crippen LogP contribution in [-0.4, -0.2) is 30.2 Å². The number of benzene rings is 1. The molecule has 0 bridgehead atoms. The minimum atomic E-state index is -0.156. The molecule has 0 aromatic heterocycles. The zero-order chi connectivity index (χ0) is 14.7. The largest absolute Gasteiger partial charge is 0.396 e. The summed E-state index contributed by atoms with van der Waals surface area (Å²) in [5.41, 5.74) is 2.46. The normalized spacial score (nSPS) is 23.6. The lowest BCUT2D eigenvalue weighted by atomic mass is 9.87. The molecular weight excluding hydrogens is 264 g/mol. The highest BCUT2D eigenvalue weighted by Crippen LogP contribution is 2.36. The summed E-state index contributed by atoms with van der Waals surface area (Å²) in [7, 11) is 0. The molecule has 2 aliphatic rings. The molecule has 3 N–H and O–H groups in total. The first-order valence-electron chi connectivity index (χ1n) is 7.91. The Kier molecular flexibility index (Phi) is 4.27. The van der Waals surface area contributed by atoms with Crippen LogP contribution in [0.25, 0.3) is 0 Å². The average molecular weight is 288 g/mol. The standard InChI is InChI=1S/C17H24N2O2/c20-12-17(7-3-4-8-17)11-19-16(21)15-9-13-5-1-2-6-14(13)10-18-15/h1-2,5-6,15,18,20H,3-4,7-12H2,(H,19,21)/t15-/m0/s1. The van der Waals surface area contributed by atoms with E-state index in [1.54, 1.807) is 0 Å². The fraction of sp³-hybridized carbons (Fsp3) is 0.588. The van der Waals surface area contributed by atoms with Crippen molar-refractivity contribution in [2.45, 2.75) is 44.7 Å².